The zero-order chi connectivity index (χ0) is 11.5. The van der Waals surface area contributed by atoms with E-state index in [0.717, 1.165) is 14.8 Å². The first-order valence-electron chi connectivity index (χ1n) is 4.73. The van der Waals surface area contributed by atoms with Gasteiger partial charge in [0.2, 0.25) is 0 Å². The number of hydrogen-bond donors (Lipinski definition) is 1. The Hall–Kier alpha value is -0.970. The lowest BCUT2D eigenvalue weighted by atomic mass is 10.1. The second-order valence-electron chi connectivity index (χ2n) is 3.30. The molecule has 0 saturated heterocycles. The molecule has 2 rings (SSSR count). The molecule has 0 saturated carbocycles. The number of pyridine rings is 1. The van der Waals surface area contributed by atoms with Crippen molar-refractivity contribution in [1.29, 1.82) is 0 Å². The highest BCUT2D eigenvalue weighted by atomic mass is 35.5. The highest BCUT2D eigenvalue weighted by Gasteiger charge is 2.14. The third-order valence-corrected chi connectivity index (χ3v) is 3.52. The van der Waals surface area contributed by atoms with E-state index in [1.165, 1.54) is 23.6 Å². The summed E-state index contributed by atoms with van der Waals surface area (Å²) in [5, 5.41) is 3.12. The maximum atomic E-state index is 13.1. The second-order valence-corrected chi connectivity index (χ2v) is 5.05. The Balaban J connectivity index is 2.36. The van der Waals surface area contributed by atoms with E-state index in [-0.39, 0.29) is 11.9 Å². The van der Waals surface area contributed by atoms with Crippen LogP contribution >= 0.6 is 22.9 Å². The van der Waals surface area contributed by atoms with Gasteiger partial charge < -0.3 is 5.32 Å². The van der Waals surface area contributed by atoms with Crippen LogP contribution in [0.25, 0.3) is 0 Å². The molecule has 0 aromatic carbocycles. The molecule has 1 N–H and O–H groups in total. The summed E-state index contributed by atoms with van der Waals surface area (Å²) in [5.41, 5.74) is 0.793. The average Bonchev–Trinajstić information content (AvgIpc) is 2.66. The van der Waals surface area contributed by atoms with E-state index in [0.29, 0.717) is 0 Å². The van der Waals surface area contributed by atoms with Gasteiger partial charge in [-0.1, -0.05) is 11.6 Å². The standard InChI is InChI=1S/C11H10ClFN2S/c1-14-11(9-2-3-10(12)16-9)7-4-8(13)6-15-5-7/h2-6,11,14H,1H3. The number of nitrogens with zero attached hydrogens (tertiary/aromatic N) is 1. The molecule has 0 radical (unpaired) electrons. The van der Waals surface area contributed by atoms with Crippen molar-refractivity contribution in [3.05, 3.63) is 51.2 Å². The van der Waals surface area contributed by atoms with Crippen LogP contribution in [0.15, 0.2) is 30.6 Å². The maximum Gasteiger partial charge on any atom is 0.141 e. The molecule has 0 fully saturated rings. The van der Waals surface area contributed by atoms with E-state index in [9.17, 15) is 4.39 Å². The van der Waals surface area contributed by atoms with Crippen LogP contribution in [-0.4, -0.2) is 12.0 Å². The van der Waals surface area contributed by atoms with Crippen LogP contribution in [0.2, 0.25) is 4.34 Å². The summed E-state index contributed by atoms with van der Waals surface area (Å²) in [6.45, 7) is 0. The minimum absolute atomic E-state index is 0.0688. The van der Waals surface area contributed by atoms with Crippen LogP contribution in [0.4, 0.5) is 4.39 Å². The van der Waals surface area contributed by atoms with Crippen LogP contribution in [0.5, 0.6) is 0 Å². The first kappa shape index (κ1) is 11.5. The smallest absolute Gasteiger partial charge is 0.141 e. The highest BCUT2D eigenvalue weighted by Crippen LogP contribution is 2.30. The summed E-state index contributed by atoms with van der Waals surface area (Å²) >= 11 is 7.36. The van der Waals surface area contributed by atoms with Gasteiger partial charge in [0, 0.05) is 11.1 Å². The number of rotatable bonds is 3. The number of nitrogens with one attached hydrogen (secondary N) is 1. The molecule has 16 heavy (non-hydrogen) atoms. The number of aromatic nitrogens is 1. The Morgan fingerprint density at radius 2 is 2.25 bits per heavy atom. The summed E-state index contributed by atoms with van der Waals surface area (Å²) in [4.78, 5) is 4.88. The predicted octanol–water partition coefficient (Wildman–Crippen LogP) is 3.24. The summed E-state index contributed by atoms with van der Waals surface area (Å²) in [6.07, 6.45) is 2.84. The normalized spacial score (nSPS) is 12.7. The molecule has 1 unspecified atom stereocenters. The molecular weight excluding hydrogens is 247 g/mol. The molecule has 2 aromatic rings. The van der Waals surface area contributed by atoms with Crippen molar-refractivity contribution in [3.8, 4) is 0 Å². The van der Waals surface area contributed by atoms with E-state index < -0.39 is 0 Å². The Labute approximate surface area is 102 Å². The molecule has 0 amide bonds. The SMILES string of the molecule is CNC(c1cncc(F)c1)c1ccc(Cl)s1. The molecule has 0 spiro atoms. The number of halogens is 2. The molecule has 1 atom stereocenters. The molecular formula is C11H10ClFN2S. The Kier molecular flexibility index (Phi) is 3.53. The van der Waals surface area contributed by atoms with Crippen molar-refractivity contribution in [3.63, 3.8) is 0 Å². The lowest BCUT2D eigenvalue weighted by molar-refractivity contribution is 0.610. The van der Waals surface area contributed by atoms with Crippen molar-refractivity contribution in [2.75, 3.05) is 7.05 Å². The zero-order valence-corrected chi connectivity index (χ0v) is 10.1. The van der Waals surface area contributed by atoms with Gasteiger partial charge in [-0.25, -0.2) is 4.39 Å². The molecule has 0 aliphatic heterocycles. The van der Waals surface area contributed by atoms with Gasteiger partial charge in [0.1, 0.15) is 5.82 Å². The van der Waals surface area contributed by atoms with Crippen LogP contribution in [-0.2, 0) is 0 Å². The van der Waals surface area contributed by atoms with Crippen LogP contribution in [0.3, 0.4) is 0 Å². The van der Waals surface area contributed by atoms with Gasteiger partial charge in [0.25, 0.3) is 0 Å². The first-order valence-corrected chi connectivity index (χ1v) is 5.93. The summed E-state index contributed by atoms with van der Waals surface area (Å²) in [7, 11) is 1.82. The highest BCUT2D eigenvalue weighted by molar-refractivity contribution is 7.16. The monoisotopic (exact) mass is 256 g/mol. The minimum atomic E-state index is -0.333. The average molecular weight is 257 g/mol. The van der Waals surface area contributed by atoms with Gasteiger partial charge in [-0.05, 0) is 30.8 Å². The Morgan fingerprint density at radius 1 is 1.44 bits per heavy atom. The van der Waals surface area contributed by atoms with Gasteiger partial charge in [0.05, 0.1) is 16.6 Å². The van der Waals surface area contributed by atoms with Gasteiger partial charge in [-0.15, -0.1) is 11.3 Å². The molecule has 84 valence electrons. The van der Waals surface area contributed by atoms with E-state index in [1.54, 1.807) is 6.20 Å². The quantitative estimate of drug-likeness (QED) is 0.912. The van der Waals surface area contributed by atoms with Gasteiger partial charge >= 0.3 is 0 Å². The lowest BCUT2D eigenvalue weighted by Gasteiger charge is -2.14. The zero-order valence-electron chi connectivity index (χ0n) is 8.58. The van der Waals surface area contributed by atoms with E-state index in [4.69, 9.17) is 11.6 Å². The molecule has 2 nitrogen and oxygen atoms in total. The van der Waals surface area contributed by atoms with E-state index in [2.05, 4.69) is 10.3 Å². The minimum Gasteiger partial charge on any atom is -0.309 e. The predicted molar refractivity (Wildman–Crippen MR) is 64.4 cm³/mol. The number of thiophene rings is 1. The molecule has 2 aromatic heterocycles. The Bertz CT molecular complexity index is 486. The number of hydrogen-bond acceptors (Lipinski definition) is 3. The first-order chi connectivity index (χ1) is 7.70. The van der Waals surface area contributed by atoms with Crippen molar-refractivity contribution in [2.24, 2.45) is 0 Å². The second kappa shape index (κ2) is 4.91. The Morgan fingerprint density at radius 3 is 2.81 bits per heavy atom. The van der Waals surface area contributed by atoms with Crippen LogP contribution in [0.1, 0.15) is 16.5 Å². The van der Waals surface area contributed by atoms with Gasteiger partial charge in [0.15, 0.2) is 0 Å². The fourth-order valence-corrected chi connectivity index (χ4v) is 2.74. The van der Waals surface area contributed by atoms with Crippen molar-refractivity contribution in [1.82, 2.24) is 10.3 Å². The van der Waals surface area contributed by atoms with E-state index in [1.807, 2.05) is 19.2 Å². The van der Waals surface area contributed by atoms with Crippen molar-refractivity contribution >= 4 is 22.9 Å². The topological polar surface area (TPSA) is 24.9 Å². The third kappa shape index (κ3) is 2.40. The fourth-order valence-electron chi connectivity index (χ4n) is 1.54. The summed E-state index contributed by atoms with van der Waals surface area (Å²) in [5.74, 6) is -0.333. The molecule has 0 bridgehead atoms. The fraction of sp³-hybridized carbons (Fsp3) is 0.182. The maximum absolute atomic E-state index is 13.1. The molecule has 2 heterocycles. The van der Waals surface area contributed by atoms with Gasteiger partial charge in [-0.3, -0.25) is 4.98 Å². The van der Waals surface area contributed by atoms with Crippen molar-refractivity contribution < 1.29 is 4.39 Å². The lowest BCUT2D eigenvalue weighted by Crippen LogP contribution is -2.16. The van der Waals surface area contributed by atoms with Gasteiger partial charge in [-0.2, -0.15) is 0 Å². The van der Waals surface area contributed by atoms with Crippen molar-refractivity contribution in [2.45, 2.75) is 6.04 Å². The summed E-state index contributed by atoms with van der Waals surface area (Å²) in [6, 6.07) is 5.17. The molecule has 5 heteroatoms. The van der Waals surface area contributed by atoms with E-state index >= 15 is 0 Å². The summed E-state index contributed by atoms with van der Waals surface area (Å²) < 4.78 is 13.8. The molecule has 0 aliphatic rings. The van der Waals surface area contributed by atoms with Crippen LogP contribution in [0, 0.1) is 5.82 Å². The third-order valence-electron chi connectivity index (χ3n) is 2.23. The van der Waals surface area contributed by atoms with Crippen LogP contribution < -0.4 is 5.32 Å². The molecule has 0 aliphatic carbocycles. The largest absolute Gasteiger partial charge is 0.309 e.